The smallest absolute Gasteiger partial charge is 0.0510 e. The number of rotatable bonds is 3. The van der Waals surface area contributed by atoms with Crippen LogP contribution in [0.1, 0.15) is 36.8 Å². The lowest BCUT2D eigenvalue weighted by Crippen LogP contribution is -2.25. The van der Waals surface area contributed by atoms with Gasteiger partial charge in [0.1, 0.15) is 0 Å². The topological polar surface area (TPSA) is 17.0 Å². The zero-order valence-electron chi connectivity index (χ0n) is 11.4. The quantitative estimate of drug-likeness (QED) is 0.871. The van der Waals surface area contributed by atoms with Crippen molar-refractivity contribution in [2.24, 2.45) is 7.05 Å². The zero-order valence-corrected chi connectivity index (χ0v) is 11.4. The molecule has 1 heterocycles. The Morgan fingerprint density at radius 2 is 2.06 bits per heavy atom. The number of fused-ring (bicyclic) bond motifs is 1. The van der Waals surface area contributed by atoms with Gasteiger partial charge in [-0.25, -0.2) is 0 Å². The second kappa shape index (κ2) is 4.77. The highest BCUT2D eigenvalue weighted by Gasteiger charge is 2.15. The summed E-state index contributed by atoms with van der Waals surface area (Å²) in [5.74, 6) is 0. The average molecular weight is 242 g/mol. The van der Waals surface area contributed by atoms with Crippen molar-refractivity contribution >= 4 is 10.9 Å². The fourth-order valence-electron chi connectivity index (χ4n) is 3.28. The summed E-state index contributed by atoms with van der Waals surface area (Å²) in [7, 11) is 2.15. The minimum Gasteiger partial charge on any atom is -0.350 e. The van der Waals surface area contributed by atoms with E-state index in [1.807, 2.05) is 0 Å². The van der Waals surface area contributed by atoms with Crippen LogP contribution < -0.4 is 5.32 Å². The summed E-state index contributed by atoms with van der Waals surface area (Å²) in [6, 6.07) is 7.34. The highest BCUT2D eigenvalue weighted by atomic mass is 14.9. The molecule has 1 saturated carbocycles. The molecule has 0 bridgehead atoms. The maximum Gasteiger partial charge on any atom is 0.0510 e. The fraction of sp³-hybridized carbons (Fsp3) is 0.500. The van der Waals surface area contributed by atoms with Gasteiger partial charge < -0.3 is 9.88 Å². The van der Waals surface area contributed by atoms with Crippen LogP contribution in [0.15, 0.2) is 24.4 Å². The second-order valence-electron chi connectivity index (χ2n) is 5.60. The lowest BCUT2D eigenvalue weighted by molar-refractivity contribution is 0.525. The summed E-state index contributed by atoms with van der Waals surface area (Å²) >= 11 is 0. The number of nitrogens with zero attached hydrogens (tertiary/aromatic N) is 1. The molecule has 0 spiro atoms. The molecule has 1 fully saturated rings. The van der Waals surface area contributed by atoms with Crippen LogP contribution in [0, 0.1) is 6.92 Å². The number of aromatic nitrogens is 1. The van der Waals surface area contributed by atoms with Gasteiger partial charge in [0.15, 0.2) is 0 Å². The van der Waals surface area contributed by atoms with E-state index >= 15 is 0 Å². The summed E-state index contributed by atoms with van der Waals surface area (Å²) < 4.78 is 2.26. The van der Waals surface area contributed by atoms with Crippen molar-refractivity contribution in [3.63, 3.8) is 0 Å². The molecular formula is C16H22N2. The van der Waals surface area contributed by atoms with Crippen molar-refractivity contribution in [2.45, 2.75) is 45.2 Å². The van der Waals surface area contributed by atoms with E-state index < -0.39 is 0 Å². The zero-order chi connectivity index (χ0) is 12.5. The molecule has 2 nitrogen and oxygen atoms in total. The predicted octanol–water partition coefficient (Wildman–Crippen LogP) is 3.52. The molecule has 0 saturated heterocycles. The van der Waals surface area contributed by atoms with Crippen LogP contribution in [-0.2, 0) is 13.6 Å². The molecule has 0 atom stereocenters. The maximum absolute atomic E-state index is 3.71. The van der Waals surface area contributed by atoms with Crippen molar-refractivity contribution in [3.05, 3.63) is 35.5 Å². The van der Waals surface area contributed by atoms with E-state index in [2.05, 4.69) is 48.3 Å². The number of hydrogen-bond donors (Lipinski definition) is 1. The third-order valence-corrected chi connectivity index (χ3v) is 4.22. The first kappa shape index (κ1) is 11.8. The van der Waals surface area contributed by atoms with E-state index in [-0.39, 0.29) is 0 Å². The molecule has 1 N–H and O–H groups in total. The van der Waals surface area contributed by atoms with Crippen LogP contribution in [0.3, 0.4) is 0 Å². The van der Waals surface area contributed by atoms with E-state index in [4.69, 9.17) is 0 Å². The lowest BCUT2D eigenvalue weighted by atomic mass is 10.1. The van der Waals surface area contributed by atoms with Crippen molar-refractivity contribution in [2.75, 3.05) is 0 Å². The van der Waals surface area contributed by atoms with Crippen molar-refractivity contribution in [3.8, 4) is 0 Å². The second-order valence-corrected chi connectivity index (χ2v) is 5.60. The molecule has 2 aromatic rings. The molecule has 0 aliphatic heterocycles. The highest BCUT2D eigenvalue weighted by Crippen LogP contribution is 2.24. The van der Waals surface area contributed by atoms with Crippen molar-refractivity contribution in [1.82, 2.24) is 9.88 Å². The van der Waals surface area contributed by atoms with Crippen LogP contribution in [0.2, 0.25) is 0 Å². The summed E-state index contributed by atoms with van der Waals surface area (Å²) in [6.45, 7) is 3.20. The Morgan fingerprint density at radius 1 is 1.28 bits per heavy atom. The van der Waals surface area contributed by atoms with Gasteiger partial charge in [0.05, 0.1) is 5.52 Å². The van der Waals surface area contributed by atoms with Crippen LogP contribution in [-0.4, -0.2) is 10.6 Å². The van der Waals surface area contributed by atoms with Gasteiger partial charge in [-0.3, -0.25) is 0 Å². The van der Waals surface area contributed by atoms with Gasteiger partial charge in [-0.2, -0.15) is 0 Å². The monoisotopic (exact) mass is 242 g/mol. The Hall–Kier alpha value is -1.28. The molecule has 1 aliphatic rings. The molecule has 2 heteroatoms. The Kier molecular flexibility index (Phi) is 3.13. The maximum atomic E-state index is 3.71. The predicted molar refractivity (Wildman–Crippen MR) is 76.8 cm³/mol. The van der Waals surface area contributed by atoms with Gasteiger partial charge in [0.25, 0.3) is 0 Å². The molecule has 18 heavy (non-hydrogen) atoms. The number of nitrogens with one attached hydrogen (secondary N) is 1. The van der Waals surface area contributed by atoms with Crippen LogP contribution in [0.4, 0.5) is 0 Å². The molecule has 0 unspecified atom stereocenters. The van der Waals surface area contributed by atoms with Gasteiger partial charge in [0, 0.05) is 31.2 Å². The number of para-hydroxylation sites is 1. The van der Waals surface area contributed by atoms with Gasteiger partial charge in [-0.1, -0.05) is 31.0 Å². The Balaban J connectivity index is 1.85. The van der Waals surface area contributed by atoms with Crippen LogP contribution in [0.5, 0.6) is 0 Å². The third kappa shape index (κ3) is 2.05. The Morgan fingerprint density at radius 3 is 2.83 bits per heavy atom. The van der Waals surface area contributed by atoms with Crippen molar-refractivity contribution in [1.29, 1.82) is 0 Å². The number of benzene rings is 1. The van der Waals surface area contributed by atoms with Gasteiger partial charge >= 0.3 is 0 Å². The molecular weight excluding hydrogens is 220 g/mol. The fourth-order valence-corrected chi connectivity index (χ4v) is 3.28. The van der Waals surface area contributed by atoms with Gasteiger partial charge in [0.2, 0.25) is 0 Å². The summed E-state index contributed by atoms with van der Waals surface area (Å²) in [5, 5.41) is 5.12. The number of aryl methyl sites for hydroxylation is 2. The first-order valence-electron chi connectivity index (χ1n) is 7.02. The van der Waals surface area contributed by atoms with Crippen LogP contribution in [0.25, 0.3) is 10.9 Å². The Labute approximate surface area is 109 Å². The third-order valence-electron chi connectivity index (χ3n) is 4.22. The summed E-state index contributed by atoms with van der Waals surface area (Å²) in [5.41, 5.74) is 4.17. The lowest BCUT2D eigenvalue weighted by Gasteiger charge is -2.10. The van der Waals surface area contributed by atoms with Gasteiger partial charge in [-0.05, 0) is 30.9 Å². The van der Waals surface area contributed by atoms with Crippen molar-refractivity contribution < 1.29 is 0 Å². The van der Waals surface area contributed by atoms with E-state index in [1.54, 1.807) is 0 Å². The molecule has 1 aliphatic carbocycles. The highest BCUT2D eigenvalue weighted by molar-refractivity contribution is 5.86. The van der Waals surface area contributed by atoms with E-state index in [0.717, 1.165) is 12.6 Å². The Bertz CT molecular complexity index is 547. The summed E-state index contributed by atoms with van der Waals surface area (Å²) in [4.78, 5) is 0. The van der Waals surface area contributed by atoms with Gasteiger partial charge in [-0.15, -0.1) is 0 Å². The molecule has 96 valence electrons. The van der Waals surface area contributed by atoms with Crippen LogP contribution >= 0.6 is 0 Å². The minimum absolute atomic E-state index is 0.741. The molecule has 1 aromatic heterocycles. The number of hydrogen-bond acceptors (Lipinski definition) is 1. The first-order chi connectivity index (χ1) is 8.75. The van der Waals surface area contributed by atoms with E-state index in [0.29, 0.717) is 0 Å². The summed E-state index contributed by atoms with van der Waals surface area (Å²) in [6.07, 6.45) is 7.77. The minimum atomic E-state index is 0.741. The average Bonchev–Trinajstić information content (AvgIpc) is 2.96. The largest absolute Gasteiger partial charge is 0.350 e. The van der Waals surface area contributed by atoms with E-state index in [1.165, 1.54) is 47.7 Å². The standard InChI is InChI=1S/C16H22N2/c1-12-6-5-9-15-13(11-18(2)16(12)15)10-17-14-7-3-4-8-14/h5-6,9,11,14,17H,3-4,7-8,10H2,1-2H3. The molecule has 1 aromatic carbocycles. The SMILES string of the molecule is Cc1cccc2c(CNC3CCCC3)cn(C)c12. The first-order valence-corrected chi connectivity index (χ1v) is 7.02. The van der Waals surface area contributed by atoms with E-state index in [9.17, 15) is 0 Å². The normalized spacial score (nSPS) is 16.8. The molecule has 3 rings (SSSR count). The molecule has 0 amide bonds. The molecule has 0 radical (unpaired) electrons.